The molecule has 2 N–H and O–H groups in total. The van der Waals surface area contributed by atoms with Gasteiger partial charge in [0.1, 0.15) is 11.8 Å². The summed E-state index contributed by atoms with van der Waals surface area (Å²) in [5.41, 5.74) is 2.37. The van der Waals surface area contributed by atoms with Gasteiger partial charge in [0.25, 0.3) is 0 Å². The highest BCUT2D eigenvalue weighted by atomic mass is 32.2. The normalized spacial score (nSPS) is 19.4. The Morgan fingerprint density at radius 2 is 1.93 bits per heavy atom. The Balaban J connectivity index is 1.84. The molecule has 7 heteroatoms. The molecular weight excluding hydrogens is 364 g/mol. The fourth-order valence-electron chi connectivity index (χ4n) is 3.26. The first-order chi connectivity index (χ1) is 12.9. The van der Waals surface area contributed by atoms with Crippen LogP contribution in [0.1, 0.15) is 23.6 Å². The highest BCUT2D eigenvalue weighted by molar-refractivity contribution is 7.91. The summed E-state index contributed by atoms with van der Waals surface area (Å²) in [4.78, 5) is 13.1. The van der Waals surface area contributed by atoms with Gasteiger partial charge in [0.05, 0.1) is 24.3 Å². The Morgan fingerprint density at radius 3 is 2.56 bits per heavy atom. The quantitative estimate of drug-likeness (QED) is 0.794. The highest BCUT2D eigenvalue weighted by Gasteiger charge is 2.32. The van der Waals surface area contributed by atoms with Crippen LogP contribution in [0.25, 0.3) is 0 Å². The molecule has 1 amide bonds. The standard InChI is InChI=1S/C20H24N2O4S/c1-14-8-9-18(26-2)17(12-14)22-20(23)19(15-6-4-3-5-7-15)21-16-10-11-27(24,25)13-16/h3-9,12,16,19,21H,10-11,13H2,1-2H3,(H,22,23)/t16-,19-/m1/s1. The topological polar surface area (TPSA) is 84.5 Å². The number of carbonyl (C=O) groups is 1. The Morgan fingerprint density at radius 1 is 1.19 bits per heavy atom. The molecule has 6 nitrogen and oxygen atoms in total. The van der Waals surface area contributed by atoms with Crippen molar-refractivity contribution < 1.29 is 17.9 Å². The number of anilines is 1. The predicted octanol–water partition coefficient (Wildman–Crippen LogP) is 2.46. The number of amides is 1. The summed E-state index contributed by atoms with van der Waals surface area (Å²) in [5, 5.41) is 6.15. The average Bonchev–Trinajstić information content (AvgIpc) is 2.99. The van der Waals surface area contributed by atoms with Crippen LogP contribution >= 0.6 is 0 Å². The number of carbonyl (C=O) groups excluding carboxylic acids is 1. The Labute approximate surface area is 159 Å². The van der Waals surface area contributed by atoms with E-state index in [4.69, 9.17) is 4.74 Å². The highest BCUT2D eigenvalue weighted by Crippen LogP contribution is 2.27. The number of benzene rings is 2. The number of hydrogen-bond acceptors (Lipinski definition) is 5. The van der Waals surface area contributed by atoms with Gasteiger partial charge < -0.3 is 10.1 Å². The van der Waals surface area contributed by atoms with Crippen LogP contribution in [0.4, 0.5) is 5.69 Å². The number of aryl methyl sites for hydroxylation is 1. The molecule has 0 radical (unpaired) electrons. The van der Waals surface area contributed by atoms with Gasteiger partial charge in [-0.3, -0.25) is 10.1 Å². The van der Waals surface area contributed by atoms with Gasteiger partial charge in [-0.05, 0) is 36.6 Å². The molecule has 1 fully saturated rings. The summed E-state index contributed by atoms with van der Waals surface area (Å²) in [5.74, 6) is 0.523. The summed E-state index contributed by atoms with van der Waals surface area (Å²) >= 11 is 0. The molecule has 0 bridgehead atoms. The third-order valence-corrected chi connectivity index (χ3v) is 6.41. The van der Waals surface area contributed by atoms with Crippen LogP contribution in [-0.4, -0.2) is 39.0 Å². The van der Waals surface area contributed by atoms with Crippen molar-refractivity contribution in [3.8, 4) is 5.75 Å². The van der Waals surface area contributed by atoms with Gasteiger partial charge in [0, 0.05) is 6.04 Å². The van der Waals surface area contributed by atoms with E-state index in [1.165, 1.54) is 0 Å². The fourth-order valence-corrected chi connectivity index (χ4v) is 4.94. The van der Waals surface area contributed by atoms with E-state index in [0.29, 0.717) is 17.9 Å². The van der Waals surface area contributed by atoms with Gasteiger partial charge in [0.15, 0.2) is 9.84 Å². The largest absolute Gasteiger partial charge is 0.495 e. The summed E-state index contributed by atoms with van der Waals surface area (Å²) in [6, 6.07) is 14.0. The van der Waals surface area contributed by atoms with E-state index in [1.54, 1.807) is 13.2 Å². The van der Waals surface area contributed by atoms with E-state index in [2.05, 4.69) is 10.6 Å². The minimum atomic E-state index is -3.04. The molecule has 3 rings (SSSR count). The smallest absolute Gasteiger partial charge is 0.246 e. The molecule has 1 heterocycles. The molecule has 2 aromatic carbocycles. The van der Waals surface area contributed by atoms with Crippen molar-refractivity contribution in [2.75, 3.05) is 23.9 Å². The minimum Gasteiger partial charge on any atom is -0.495 e. The molecule has 1 aliphatic heterocycles. The lowest BCUT2D eigenvalue weighted by Gasteiger charge is -2.23. The van der Waals surface area contributed by atoms with E-state index < -0.39 is 15.9 Å². The van der Waals surface area contributed by atoms with E-state index in [0.717, 1.165) is 11.1 Å². The fraction of sp³-hybridized carbons (Fsp3) is 0.350. The van der Waals surface area contributed by atoms with Crippen LogP contribution in [0.3, 0.4) is 0 Å². The second-order valence-corrected chi connectivity index (χ2v) is 9.03. The van der Waals surface area contributed by atoms with Crippen molar-refractivity contribution >= 4 is 21.4 Å². The van der Waals surface area contributed by atoms with Gasteiger partial charge in [-0.15, -0.1) is 0 Å². The zero-order valence-corrected chi connectivity index (χ0v) is 16.3. The number of methoxy groups -OCH3 is 1. The van der Waals surface area contributed by atoms with Crippen LogP contribution in [0, 0.1) is 6.92 Å². The van der Waals surface area contributed by atoms with Crippen molar-refractivity contribution in [3.63, 3.8) is 0 Å². The number of rotatable bonds is 6. The van der Waals surface area contributed by atoms with Gasteiger partial charge in [0.2, 0.25) is 5.91 Å². The maximum Gasteiger partial charge on any atom is 0.246 e. The zero-order chi connectivity index (χ0) is 19.4. The first-order valence-electron chi connectivity index (χ1n) is 8.85. The molecule has 144 valence electrons. The maximum absolute atomic E-state index is 13.1. The summed E-state index contributed by atoms with van der Waals surface area (Å²) in [6.45, 7) is 1.94. The number of sulfone groups is 1. The second kappa shape index (κ2) is 8.10. The first kappa shape index (κ1) is 19.4. The van der Waals surface area contributed by atoms with E-state index in [-0.39, 0.29) is 23.5 Å². The summed E-state index contributed by atoms with van der Waals surface area (Å²) in [7, 11) is -1.49. The molecule has 0 aromatic heterocycles. The molecule has 0 spiro atoms. The molecule has 0 unspecified atom stereocenters. The van der Waals surface area contributed by atoms with Gasteiger partial charge >= 0.3 is 0 Å². The monoisotopic (exact) mass is 388 g/mol. The molecule has 2 aromatic rings. The van der Waals surface area contributed by atoms with Crippen LogP contribution in [-0.2, 0) is 14.6 Å². The van der Waals surface area contributed by atoms with Crippen molar-refractivity contribution in [2.45, 2.75) is 25.4 Å². The van der Waals surface area contributed by atoms with Crippen molar-refractivity contribution in [3.05, 3.63) is 59.7 Å². The van der Waals surface area contributed by atoms with E-state index in [9.17, 15) is 13.2 Å². The maximum atomic E-state index is 13.1. The number of ether oxygens (including phenoxy) is 1. The number of hydrogen-bond donors (Lipinski definition) is 2. The third kappa shape index (κ3) is 4.87. The van der Waals surface area contributed by atoms with Crippen molar-refractivity contribution in [1.29, 1.82) is 0 Å². The van der Waals surface area contributed by atoms with E-state index >= 15 is 0 Å². The van der Waals surface area contributed by atoms with Crippen molar-refractivity contribution in [1.82, 2.24) is 5.32 Å². The molecule has 27 heavy (non-hydrogen) atoms. The lowest BCUT2D eigenvalue weighted by atomic mass is 10.0. The first-order valence-corrected chi connectivity index (χ1v) is 10.7. The SMILES string of the molecule is COc1ccc(C)cc1NC(=O)[C@H](N[C@@H]1CCS(=O)(=O)C1)c1ccccc1. The van der Waals surface area contributed by atoms with Crippen LogP contribution in [0.15, 0.2) is 48.5 Å². The summed E-state index contributed by atoms with van der Waals surface area (Å²) in [6.07, 6.45) is 0.507. The van der Waals surface area contributed by atoms with E-state index in [1.807, 2.05) is 49.4 Å². The van der Waals surface area contributed by atoms with Crippen molar-refractivity contribution in [2.24, 2.45) is 0 Å². The predicted molar refractivity (Wildman–Crippen MR) is 106 cm³/mol. The molecule has 2 atom stereocenters. The van der Waals surface area contributed by atoms with Gasteiger partial charge in [-0.1, -0.05) is 36.4 Å². The lowest BCUT2D eigenvalue weighted by molar-refractivity contribution is -0.118. The van der Waals surface area contributed by atoms with Gasteiger partial charge in [-0.25, -0.2) is 8.42 Å². The second-order valence-electron chi connectivity index (χ2n) is 6.80. The molecule has 0 aliphatic carbocycles. The number of nitrogens with one attached hydrogen (secondary N) is 2. The minimum absolute atomic E-state index is 0.0530. The summed E-state index contributed by atoms with van der Waals surface area (Å²) < 4.78 is 28.9. The van der Waals surface area contributed by atoms with Crippen LogP contribution in [0.2, 0.25) is 0 Å². The molecule has 0 saturated carbocycles. The average molecular weight is 388 g/mol. The Kier molecular flexibility index (Phi) is 5.82. The van der Waals surface area contributed by atoms with Crippen LogP contribution < -0.4 is 15.4 Å². The molecule has 1 saturated heterocycles. The van der Waals surface area contributed by atoms with Crippen LogP contribution in [0.5, 0.6) is 5.75 Å². The molecular formula is C20H24N2O4S. The molecule has 1 aliphatic rings. The van der Waals surface area contributed by atoms with Gasteiger partial charge in [-0.2, -0.15) is 0 Å². The third-order valence-electron chi connectivity index (χ3n) is 4.64. The Bertz CT molecular complexity index is 913. The Hall–Kier alpha value is -2.38. The lowest BCUT2D eigenvalue weighted by Crippen LogP contribution is -2.40. The zero-order valence-electron chi connectivity index (χ0n) is 15.4.